The number of ether oxygens (including phenoxy) is 3. The third kappa shape index (κ3) is 5.12. The molecule has 0 bridgehead atoms. The molecule has 12 heteroatoms. The largest absolute Gasteiger partial charge is 0.471 e. The maximum atomic E-state index is 13.1. The van der Waals surface area contributed by atoms with Crippen molar-refractivity contribution in [1.29, 1.82) is 0 Å². The Morgan fingerprint density at radius 2 is 1.71 bits per heavy atom. The van der Waals surface area contributed by atoms with Crippen molar-refractivity contribution in [2.45, 2.75) is 32.5 Å². The lowest BCUT2D eigenvalue weighted by atomic mass is 9.98. The third-order valence-corrected chi connectivity index (χ3v) is 4.82. The van der Waals surface area contributed by atoms with Gasteiger partial charge in [-0.2, -0.15) is 9.97 Å². The first-order valence-electron chi connectivity index (χ1n) is 10.5. The van der Waals surface area contributed by atoms with E-state index in [9.17, 15) is 19.5 Å². The number of anilines is 1. The van der Waals surface area contributed by atoms with Gasteiger partial charge in [-0.3, -0.25) is 14.2 Å². The quantitative estimate of drug-likeness (QED) is 0.416. The highest BCUT2D eigenvalue weighted by Gasteiger charge is 2.40. The first kappa shape index (κ1) is 24.6. The zero-order valence-corrected chi connectivity index (χ0v) is 18.9. The van der Waals surface area contributed by atoms with Crippen LogP contribution >= 0.6 is 0 Å². The smallest absolute Gasteiger partial charge is 0.336 e. The molecule has 0 amide bonds. The molecule has 3 N–H and O–H groups in total. The van der Waals surface area contributed by atoms with Gasteiger partial charge >= 0.3 is 11.9 Å². The average Bonchev–Trinajstić information content (AvgIpc) is 2.82. The van der Waals surface area contributed by atoms with Gasteiger partial charge in [-0.05, 0) is 19.4 Å². The number of aryl methyl sites for hydroxylation is 1. The van der Waals surface area contributed by atoms with Gasteiger partial charge in [-0.15, -0.1) is 0 Å². The Morgan fingerprint density at radius 1 is 1.06 bits per heavy atom. The van der Waals surface area contributed by atoms with E-state index < -0.39 is 35.2 Å². The van der Waals surface area contributed by atoms with Crippen LogP contribution in [0, 0.1) is 0 Å². The highest BCUT2D eigenvalue weighted by atomic mass is 16.6. The molecule has 2 heterocycles. The van der Waals surface area contributed by atoms with E-state index in [1.54, 1.807) is 6.92 Å². The van der Waals surface area contributed by atoms with Gasteiger partial charge in [0.15, 0.2) is 17.3 Å². The molecular weight excluding hydrogens is 446 g/mol. The second-order valence-corrected chi connectivity index (χ2v) is 7.12. The molecule has 180 valence electrons. The van der Waals surface area contributed by atoms with Gasteiger partial charge in [0.2, 0.25) is 11.8 Å². The number of fused-ring (bicyclic) bond motifs is 1. The minimum absolute atomic E-state index is 0.00703. The van der Waals surface area contributed by atoms with E-state index in [0.29, 0.717) is 0 Å². The van der Waals surface area contributed by atoms with Crippen LogP contribution in [0.5, 0.6) is 5.88 Å². The van der Waals surface area contributed by atoms with Gasteiger partial charge in [0, 0.05) is 7.05 Å². The minimum atomic E-state index is -2.03. The Balaban J connectivity index is 2.16. The van der Waals surface area contributed by atoms with Crippen molar-refractivity contribution >= 4 is 29.1 Å². The van der Waals surface area contributed by atoms with Gasteiger partial charge in [-0.25, -0.2) is 9.78 Å². The summed E-state index contributed by atoms with van der Waals surface area (Å²) < 4.78 is 16.7. The van der Waals surface area contributed by atoms with E-state index in [2.05, 4.69) is 15.0 Å². The van der Waals surface area contributed by atoms with Crippen molar-refractivity contribution in [2.24, 2.45) is 7.05 Å². The van der Waals surface area contributed by atoms with Gasteiger partial charge < -0.3 is 25.1 Å². The van der Waals surface area contributed by atoms with E-state index in [-0.39, 0.29) is 42.8 Å². The van der Waals surface area contributed by atoms with Crippen molar-refractivity contribution in [2.75, 3.05) is 18.9 Å². The first-order valence-corrected chi connectivity index (χ1v) is 10.5. The van der Waals surface area contributed by atoms with Gasteiger partial charge in [0.05, 0.1) is 13.2 Å². The Hall–Kier alpha value is -4.06. The van der Waals surface area contributed by atoms with Crippen molar-refractivity contribution in [3.05, 3.63) is 51.9 Å². The topological polar surface area (TPSA) is 169 Å². The number of rotatable bonds is 9. The zero-order chi connectivity index (χ0) is 24.8. The van der Waals surface area contributed by atoms with Crippen LogP contribution in [0.25, 0.3) is 11.2 Å². The molecule has 3 aromatic rings. The van der Waals surface area contributed by atoms with Gasteiger partial charge in [0.1, 0.15) is 18.2 Å². The summed E-state index contributed by atoms with van der Waals surface area (Å²) in [4.78, 5) is 50.4. The van der Waals surface area contributed by atoms with E-state index in [4.69, 9.17) is 19.9 Å². The number of benzene rings is 1. The fourth-order valence-corrected chi connectivity index (χ4v) is 3.22. The van der Waals surface area contributed by atoms with Crippen molar-refractivity contribution in [1.82, 2.24) is 19.5 Å². The maximum absolute atomic E-state index is 13.1. The second-order valence-electron chi connectivity index (χ2n) is 7.12. The second kappa shape index (κ2) is 10.7. The molecule has 1 aromatic carbocycles. The Kier molecular flexibility index (Phi) is 7.74. The Labute approximate surface area is 194 Å². The van der Waals surface area contributed by atoms with E-state index in [0.717, 1.165) is 10.1 Å². The molecule has 0 unspecified atom stereocenters. The molecule has 0 aliphatic carbocycles. The fraction of sp³-hybridized carbons (Fsp3) is 0.364. The number of hydrogen-bond acceptors (Lipinski definition) is 11. The molecule has 2 atom stereocenters. The van der Waals surface area contributed by atoms with Crippen LogP contribution in [0.1, 0.15) is 31.0 Å². The Bertz CT molecular complexity index is 1250. The normalized spacial score (nSPS) is 12.7. The summed E-state index contributed by atoms with van der Waals surface area (Å²) in [6, 6.07) is 9.22. The number of esters is 2. The van der Waals surface area contributed by atoms with Gasteiger partial charge in [0.25, 0.3) is 5.56 Å². The lowest BCUT2D eigenvalue weighted by Gasteiger charge is -2.20. The van der Waals surface area contributed by atoms with Crippen LogP contribution in [0.4, 0.5) is 5.95 Å². The standard InChI is InChI=1S/C22H25N5O7/c1-4-32-20(30)13(16(28)21(31)33-5-2)14-19(29)27(3)17-15(24-14)18(26-22(23)25-17)34-11-12-9-7-6-8-10-12/h6-10,13,16,28H,4-5,11H2,1-3H3,(H2,23,25,26)/t13-,16-/m0/s1. The van der Waals surface area contributed by atoms with Crippen molar-refractivity contribution in [3.63, 3.8) is 0 Å². The van der Waals surface area contributed by atoms with Crippen molar-refractivity contribution < 1.29 is 28.9 Å². The highest BCUT2D eigenvalue weighted by Crippen LogP contribution is 2.25. The summed E-state index contributed by atoms with van der Waals surface area (Å²) in [5, 5.41) is 10.6. The lowest BCUT2D eigenvalue weighted by Crippen LogP contribution is -2.40. The average molecular weight is 471 g/mol. The number of aliphatic hydroxyl groups excluding tert-OH is 1. The minimum Gasteiger partial charge on any atom is -0.471 e. The highest BCUT2D eigenvalue weighted by molar-refractivity contribution is 5.88. The number of nitrogens with zero attached hydrogens (tertiary/aromatic N) is 4. The molecule has 0 spiro atoms. The predicted octanol–water partition coefficient (Wildman–Crippen LogP) is 0.455. The number of aliphatic hydroxyl groups is 1. The van der Waals surface area contributed by atoms with Crippen LogP contribution in [-0.2, 0) is 32.7 Å². The summed E-state index contributed by atoms with van der Waals surface area (Å²) in [6.45, 7) is 3.10. The first-order chi connectivity index (χ1) is 16.3. The predicted molar refractivity (Wildman–Crippen MR) is 120 cm³/mol. The molecule has 34 heavy (non-hydrogen) atoms. The number of nitrogens with two attached hydrogens (primary N) is 1. The maximum Gasteiger partial charge on any atom is 0.336 e. The number of nitrogen functional groups attached to an aromatic ring is 1. The molecule has 2 aromatic heterocycles. The monoisotopic (exact) mass is 471 g/mol. The lowest BCUT2D eigenvalue weighted by molar-refractivity contribution is -0.162. The summed E-state index contributed by atoms with van der Waals surface area (Å²) in [6.07, 6.45) is -2.03. The summed E-state index contributed by atoms with van der Waals surface area (Å²) in [7, 11) is 1.38. The molecule has 3 rings (SSSR count). The third-order valence-electron chi connectivity index (χ3n) is 4.82. The molecule has 0 aliphatic rings. The van der Waals surface area contributed by atoms with E-state index >= 15 is 0 Å². The van der Waals surface area contributed by atoms with Crippen molar-refractivity contribution in [3.8, 4) is 5.88 Å². The summed E-state index contributed by atoms with van der Waals surface area (Å²) >= 11 is 0. The van der Waals surface area contributed by atoms with Gasteiger partial charge in [-0.1, -0.05) is 30.3 Å². The number of hydrogen-bond donors (Lipinski definition) is 2. The molecule has 12 nitrogen and oxygen atoms in total. The molecule has 0 saturated carbocycles. The summed E-state index contributed by atoms with van der Waals surface area (Å²) in [5.41, 5.74) is 5.44. The SMILES string of the molecule is CCOC(=O)[C@@H](O)[C@@H](C(=O)OCC)c1nc2c(OCc3ccccc3)nc(N)nc2n(C)c1=O. The summed E-state index contributed by atoms with van der Waals surface area (Å²) in [5.74, 6) is -4.07. The Morgan fingerprint density at radius 3 is 2.35 bits per heavy atom. The van der Waals surface area contributed by atoms with Crippen LogP contribution < -0.4 is 16.0 Å². The molecule has 0 fully saturated rings. The fourth-order valence-electron chi connectivity index (χ4n) is 3.22. The number of carbonyl (C=O) groups is 2. The van der Waals surface area contributed by atoms with Crippen LogP contribution in [0.3, 0.4) is 0 Å². The zero-order valence-electron chi connectivity index (χ0n) is 18.9. The molecule has 0 aliphatic heterocycles. The van der Waals surface area contributed by atoms with Crippen LogP contribution in [0.2, 0.25) is 0 Å². The molecule has 0 saturated heterocycles. The van der Waals surface area contributed by atoms with E-state index in [1.807, 2.05) is 30.3 Å². The van der Waals surface area contributed by atoms with Crippen LogP contribution in [0.15, 0.2) is 35.1 Å². The number of carbonyl (C=O) groups excluding carboxylic acids is 2. The molecule has 0 radical (unpaired) electrons. The van der Waals surface area contributed by atoms with Crippen LogP contribution in [-0.4, -0.2) is 55.9 Å². The number of aromatic nitrogens is 4. The van der Waals surface area contributed by atoms with E-state index in [1.165, 1.54) is 14.0 Å². The molecular formula is C22H25N5O7.